The van der Waals surface area contributed by atoms with Crippen LogP contribution in [0.2, 0.25) is 0 Å². The van der Waals surface area contributed by atoms with Crippen molar-refractivity contribution < 1.29 is 0 Å². The fourth-order valence-corrected chi connectivity index (χ4v) is 1.34. The van der Waals surface area contributed by atoms with Crippen molar-refractivity contribution in [1.29, 1.82) is 0 Å². The normalized spacial score (nSPS) is 10.6. The van der Waals surface area contributed by atoms with Gasteiger partial charge in [-0.25, -0.2) is 4.98 Å². The van der Waals surface area contributed by atoms with Gasteiger partial charge in [0.15, 0.2) is 0 Å². The molecule has 0 saturated heterocycles. The van der Waals surface area contributed by atoms with E-state index in [-0.39, 0.29) is 0 Å². The van der Waals surface area contributed by atoms with E-state index >= 15 is 0 Å². The average molecular weight is 167 g/mol. The number of aromatic amines is 1. The van der Waals surface area contributed by atoms with Crippen molar-refractivity contribution >= 4 is 0 Å². The van der Waals surface area contributed by atoms with E-state index in [0.717, 1.165) is 25.1 Å². The number of nitrogens with two attached hydrogens (primary N) is 1. The van der Waals surface area contributed by atoms with Crippen LogP contribution in [0.4, 0.5) is 0 Å². The van der Waals surface area contributed by atoms with Crippen molar-refractivity contribution in [2.45, 2.75) is 33.1 Å². The van der Waals surface area contributed by atoms with Gasteiger partial charge >= 0.3 is 0 Å². The molecule has 0 spiro atoms. The molecular weight excluding hydrogens is 150 g/mol. The monoisotopic (exact) mass is 167 g/mol. The Balaban J connectivity index is 2.81. The van der Waals surface area contributed by atoms with E-state index in [1.54, 1.807) is 0 Å². The summed E-state index contributed by atoms with van der Waals surface area (Å²) in [6.07, 6.45) is 2.89. The van der Waals surface area contributed by atoms with Crippen LogP contribution in [-0.4, -0.2) is 16.5 Å². The third-order valence-corrected chi connectivity index (χ3v) is 1.98. The maximum atomic E-state index is 5.44. The second-order valence-corrected chi connectivity index (χ2v) is 2.85. The van der Waals surface area contributed by atoms with E-state index in [9.17, 15) is 0 Å². The maximum Gasteiger partial charge on any atom is 0.107 e. The summed E-state index contributed by atoms with van der Waals surface area (Å²) in [5, 5.41) is 0. The van der Waals surface area contributed by atoms with E-state index in [0.29, 0.717) is 6.54 Å². The van der Waals surface area contributed by atoms with Crippen molar-refractivity contribution in [3.8, 4) is 0 Å². The predicted molar refractivity (Wildman–Crippen MR) is 50.1 cm³/mol. The number of rotatable bonds is 4. The van der Waals surface area contributed by atoms with Gasteiger partial charge in [0.1, 0.15) is 5.82 Å². The lowest BCUT2D eigenvalue weighted by molar-refractivity contribution is 0.881. The minimum Gasteiger partial charge on any atom is -0.346 e. The highest BCUT2D eigenvalue weighted by Gasteiger charge is 2.05. The standard InChI is InChI=1S/C9H17N3/c1-3-7-8(4-2)12-9(11-7)5-6-10/h3-6,10H2,1-2H3,(H,11,12). The third kappa shape index (κ3) is 1.85. The molecule has 1 aromatic rings. The molecular formula is C9H17N3. The van der Waals surface area contributed by atoms with Gasteiger partial charge in [0.2, 0.25) is 0 Å². The van der Waals surface area contributed by atoms with Crippen LogP contribution in [-0.2, 0) is 19.3 Å². The Bertz CT molecular complexity index is 218. The van der Waals surface area contributed by atoms with E-state index in [4.69, 9.17) is 5.73 Å². The molecule has 1 rings (SSSR count). The van der Waals surface area contributed by atoms with Crippen molar-refractivity contribution in [2.24, 2.45) is 5.73 Å². The molecule has 0 unspecified atom stereocenters. The van der Waals surface area contributed by atoms with E-state index in [1.165, 1.54) is 11.4 Å². The number of nitrogens with zero attached hydrogens (tertiary/aromatic N) is 1. The SMILES string of the molecule is CCc1nc(CCN)[nH]c1CC. The molecule has 3 nitrogen and oxygen atoms in total. The average Bonchev–Trinajstić information content (AvgIpc) is 2.48. The highest BCUT2D eigenvalue weighted by atomic mass is 14.9. The van der Waals surface area contributed by atoms with Gasteiger partial charge in [0.25, 0.3) is 0 Å². The smallest absolute Gasteiger partial charge is 0.107 e. The molecule has 0 aliphatic carbocycles. The summed E-state index contributed by atoms with van der Waals surface area (Å²) in [6, 6.07) is 0. The summed E-state index contributed by atoms with van der Waals surface area (Å²) in [4.78, 5) is 7.75. The van der Waals surface area contributed by atoms with Crippen molar-refractivity contribution in [3.63, 3.8) is 0 Å². The van der Waals surface area contributed by atoms with Crippen molar-refractivity contribution in [3.05, 3.63) is 17.2 Å². The van der Waals surface area contributed by atoms with Crippen LogP contribution in [0, 0.1) is 0 Å². The Morgan fingerprint density at radius 1 is 1.33 bits per heavy atom. The van der Waals surface area contributed by atoms with E-state index < -0.39 is 0 Å². The van der Waals surface area contributed by atoms with Crippen LogP contribution in [0.1, 0.15) is 31.1 Å². The minimum absolute atomic E-state index is 0.666. The van der Waals surface area contributed by atoms with Crippen molar-refractivity contribution in [2.75, 3.05) is 6.54 Å². The summed E-state index contributed by atoms with van der Waals surface area (Å²) in [5.74, 6) is 1.03. The molecule has 0 radical (unpaired) electrons. The topological polar surface area (TPSA) is 54.7 Å². The molecule has 12 heavy (non-hydrogen) atoms. The van der Waals surface area contributed by atoms with Crippen molar-refractivity contribution in [1.82, 2.24) is 9.97 Å². The number of aromatic nitrogens is 2. The molecule has 0 bridgehead atoms. The fraction of sp³-hybridized carbons (Fsp3) is 0.667. The lowest BCUT2D eigenvalue weighted by atomic mass is 10.2. The van der Waals surface area contributed by atoms with Gasteiger partial charge in [0, 0.05) is 12.1 Å². The van der Waals surface area contributed by atoms with Crippen LogP contribution in [0.5, 0.6) is 0 Å². The highest BCUT2D eigenvalue weighted by molar-refractivity contribution is 5.14. The molecule has 3 N–H and O–H groups in total. The summed E-state index contributed by atoms with van der Waals surface area (Å²) >= 11 is 0. The first-order valence-corrected chi connectivity index (χ1v) is 4.58. The Morgan fingerprint density at radius 2 is 2.08 bits per heavy atom. The molecule has 0 aromatic carbocycles. The van der Waals surface area contributed by atoms with Gasteiger partial charge in [-0.05, 0) is 19.4 Å². The molecule has 1 aromatic heterocycles. The Hall–Kier alpha value is -0.830. The Labute approximate surface area is 73.4 Å². The second-order valence-electron chi connectivity index (χ2n) is 2.85. The lowest BCUT2D eigenvalue weighted by Gasteiger charge is -1.92. The zero-order chi connectivity index (χ0) is 8.97. The first-order chi connectivity index (χ1) is 5.81. The number of aryl methyl sites for hydroxylation is 2. The summed E-state index contributed by atoms with van der Waals surface area (Å²) < 4.78 is 0. The van der Waals surface area contributed by atoms with Crippen LogP contribution in [0.15, 0.2) is 0 Å². The molecule has 0 aliphatic rings. The maximum absolute atomic E-state index is 5.44. The largest absolute Gasteiger partial charge is 0.346 e. The zero-order valence-corrected chi connectivity index (χ0v) is 7.85. The van der Waals surface area contributed by atoms with Gasteiger partial charge in [-0.2, -0.15) is 0 Å². The number of hydrogen-bond donors (Lipinski definition) is 2. The first kappa shape index (κ1) is 9.26. The van der Waals surface area contributed by atoms with E-state index in [1.807, 2.05) is 0 Å². The summed E-state index contributed by atoms with van der Waals surface area (Å²) in [5.41, 5.74) is 7.90. The van der Waals surface area contributed by atoms with Gasteiger partial charge in [0.05, 0.1) is 5.69 Å². The Kier molecular flexibility index (Phi) is 3.29. The number of imidazole rings is 1. The molecule has 0 fully saturated rings. The molecule has 0 atom stereocenters. The van der Waals surface area contributed by atoms with Crippen LogP contribution in [0.25, 0.3) is 0 Å². The number of hydrogen-bond acceptors (Lipinski definition) is 2. The van der Waals surface area contributed by atoms with Gasteiger partial charge < -0.3 is 10.7 Å². The van der Waals surface area contributed by atoms with Gasteiger partial charge in [-0.15, -0.1) is 0 Å². The Morgan fingerprint density at radius 3 is 2.50 bits per heavy atom. The van der Waals surface area contributed by atoms with Crippen LogP contribution < -0.4 is 5.73 Å². The molecule has 0 amide bonds. The highest BCUT2D eigenvalue weighted by Crippen LogP contribution is 2.07. The van der Waals surface area contributed by atoms with Crippen LogP contribution in [0.3, 0.4) is 0 Å². The molecule has 0 aliphatic heterocycles. The molecule has 3 heteroatoms. The summed E-state index contributed by atoms with van der Waals surface area (Å²) in [7, 11) is 0. The zero-order valence-electron chi connectivity index (χ0n) is 7.85. The third-order valence-electron chi connectivity index (χ3n) is 1.98. The number of nitrogens with one attached hydrogen (secondary N) is 1. The predicted octanol–water partition coefficient (Wildman–Crippen LogP) is 1.04. The lowest BCUT2D eigenvalue weighted by Crippen LogP contribution is -2.04. The van der Waals surface area contributed by atoms with E-state index in [2.05, 4.69) is 23.8 Å². The minimum atomic E-state index is 0.666. The van der Waals surface area contributed by atoms with Crippen LogP contribution >= 0.6 is 0 Å². The van der Waals surface area contributed by atoms with Gasteiger partial charge in [-0.3, -0.25) is 0 Å². The first-order valence-electron chi connectivity index (χ1n) is 4.58. The number of H-pyrrole nitrogens is 1. The fourth-order valence-electron chi connectivity index (χ4n) is 1.34. The molecule has 0 saturated carbocycles. The molecule has 1 heterocycles. The molecule has 68 valence electrons. The quantitative estimate of drug-likeness (QED) is 0.704. The summed E-state index contributed by atoms with van der Waals surface area (Å²) in [6.45, 7) is 4.93. The second kappa shape index (κ2) is 4.26. The van der Waals surface area contributed by atoms with Gasteiger partial charge in [-0.1, -0.05) is 13.8 Å².